The Hall–Kier alpha value is 1.21. The summed E-state index contributed by atoms with van der Waals surface area (Å²) in [6, 6.07) is 0. The van der Waals surface area contributed by atoms with Crippen molar-refractivity contribution in [3.8, 4) is 0 Å². The Morgan fingerprint density at radius 1 is 1.50 bits per heavy atom. The average molecular weight is 94.5 g/mol. The summed E-state index contributed by atoms with van der Waals surface area (Å²) < 4.78 is 6.47. The molecule has 0 aromatic carbocycles. The first kappa shape index (κ1) is 18.9. The third-order valence-electron chi connectivity index (χ3n) is 0. The van der Waals surface area contributed by atoms with Crippen LogP contribution >= 0.6 is 11.9 Å². The summed E-state index contributed by atoms with van der Waals surface area (Å²) in [4.78, 5) is 0. The Labute approximate surface area is 53.0 Å². The van der Waals surface area contributed by atoms with Crippen molar-refractivity contribution in [1.29, 1.82) is 0 Å². The Morgan fingerprint density at radius 3 is 1.50 bits per heavy atom. The van der Waals surface area contributed by atoms with Crippen LogP contribution < -0.4 is 29.6 Å². The van der Waals surface area contributed by atoms with E-state index in [2.05, 4.69) is 11.9 Å². The number of hydrogen-bond donors (Lipinski definition) is 1. The second-order valence-corrected chi connectivity index (χ2v) is 0. The van der Waals surface area contributed by atoms with Gasteiger partial charge in [0.1, 0.15) is 0 Å². The van der Waals surface area contributed by atoms with Crippen LogP contribution in [0.15, 0.2) is 0 Å². The first-order chi connectivity index (χ1) is 1.00. The summed E-state index contributed by atoms with van der Waals surface area (Å²) in [5.74, 6) is 0. The molecule has 0 fully saturated rings. The van der Waals surface area contributed by atoms with Crippen molar-refractivity contribution in [3.05, 3.63) is 0 Å². The molecule has 24 valence electrons. The number of rotatable bonds is 0. The van der Waals surface area contributed by atoms with E-state index in [1.54, 1.807) is 0 Å². The molecule has 0 aliphatic rings. The normalized spacial score (nSPS) is 1.50. The summed E-state index contributed by atoms with van der Waals surface area (Å²) in [6.07, 6.45) is 0. The van der Waals surface area contributed by atoms with E-state index in [0.717, 1.165) is 0 Å². The summed E-state index contributed by atoms with van der Waals surface area (Å²) in [5, 5.41) is 0. The SMILES string of the molecule is O.OCl.[H-].[Na+]. The Bertz CT molecular complexity index is 9.61. The van der Waals surface area contributed by atoms with Gasteiger partial charge in [0.2, 0.25) is 0 Å². The Morgan fingerprint density at radius 2 is 1.50 bits per heavy atom. The predicted molar refractivity (Wildman–Crippen MR) is 12.8 cm³/mol. The molecule has 0 saturated heterocycles. The van der Waals surface area contributed by atoms with Crippen LogP contribution in [-0.2, 0) is 0 Å². The zero-order chi connectivity index (χ0) is 2.00. The van der Waals surface area contributed by atoms with Crippen molar-refractivity contribution >= 4 is 11.9 Å². The van der Waals surface area contributed by atoms with Crippen molar-refractivity contribution in [1.82, 2.24) is 0 Å². The third kappa shape index (κ3) is 10.7. The first-order valence-electron chi connectivity index (χ1n) is 0.169. The molecule has 0 aliphatic heterocycles. The van der Waals surface area contributed by atoms with Crippen molar-refractivity contribution < 1.29 is 41.1 Å². The zero-order valence-electron chi connectivity index (χ0n) is 3.33. The van der Waals surface area contributed by atoms with Gasteiger partial charge in [0.15, 0.2) is 0 Å². The van der Waals surface area contributed by atoms with E-state index in [4.69, 9.17) is 4.66 Å². The predicted octanol–water partition coefficient (Wildman–Crippen LogP) is -3.58. The molecule has 0 amide bonds. The third-order valence-corrected chi connectivity index (χ3v) is 0. The van der Waals surface area contributed by atoms with Crippen LogP contribution in [0.3, 0.4) is 0 Å². The molecule has 0 aromatic heterocycles. The Kier molecular flexibility index (Phi) is 140. The molecule has 2 nitrogen and oxygen atoms in total. The number of halogens is 1. The van der Waals surface area contributed by atoms with Crippen LogP contribution in [-0.4, -0.2) is 10.1 Å². The fourth-order valence-electron chi connectivity index (χ4n) is 0. The van der Waals surface area contributed by atoms with Gasteiger partial charge in [-0.05, 0) is 0 Å². The summed E-state index contributed by atoms with van der Waals surface area (Å²) >= 11 is 3.64. The van der Waals surface area contributed by atoms with E-state index < -0.39 is 0 Å². The maximum atomic E-state index is 6.47. The van der Waals surface area contributed by atoms with Crippen LogP contribution in [0.25, 0.3) is 0 Å². The first-order valence-corrected chi connectivity index (χ1v) is 0.507. The topological polar surface area (TPSA) is 51.7 Å². The molecule has 0 aliphatic carbocycles. The van der Waals surface area contributed by atoms with Crippen molar-refractivity contribution in [2.45, 2.75) is 0 Å². The van der Waals surface area contributed by atoms with Gasteiger partial charge >= 0.3 is 29.6 Å². The molecule has 3 N–H and O–H groups in total. The summed E-state index contributed by atoms with van der Waals surface area (Å²) in [5.41, 5.74) is 0. The zero-order valence-corrected chi connectivity index (χ0v) is 5.08. The van der Waals surface area contributed by atoms with E-state index in [1.807, 2.05) is 0 Å². The van der Waals surface area contributed by atoms with Gasteiger partial charge in [-0.25, -0.2) is 0 Å². The molecular formula is H4ClNaO2. The van der Waals surface area contributed by atoms with Gasteiger partial charge in [0, 0.05) is 0 Å². The fourth-order valence-corrected chi connectivity index (χ4v) is 0. The maximum absolute atomic E-state index is 6.47. The minimum absolute atomic E-state index is 0. The average Bonchev–Trinajstić information content (AvgIpc) is 1.00. The number of hydrogen-bond acceptors (Lipinski definition) is 1. The second-order valence-electron chi connectivity index (χ2n) is 0. The van der Waals surface area contributed by atoms with Gasteiger partial charge < -0.3 is 6.90 Å². The van der Waals surface area contributed by atoms with E-state index >= 15 is 0 Å². The van der Waals surface area contributed by atoms with Crippen LogP contribution in [0.2, 0.25) is 0 Å². The molecule has 4 heteroatoms. The van der Waals surface area contributed by atoms with Gasteiger partial charge in [-0.1, -0.05) is 0 Å². The van der Waals surface area contributed by atoms with Crippen molar-refractivity contribution in [2.75, 3.05) is 0 Å². The maximum Gasteiger partial charge on any atom is 1.00 e. The molecule has 0 unspecified atom stereocenters. The molecule has 0 aromatic rings. The van der Waals surface area contributed by atoms with Crippen LogP contribution in [0.4, 0.5) is 0 Å². The molecule has 0 bridgehead atoms. The largest absolute Gasteiger partial charge is 1.00 e. The summed E-state index contributed by atoms with van der Waals surface area (Å²) in [6.45, 7) is 0. The quantitative estimate of drug-likeness (QED) is 0.310. The van der Waals surface area contributed by atoms with Gasteiger partial charge in [-0.2, -0.15) is 0 Å². The molecule has 0 rings (SSSR count). The smallest absolute Gasteiger partial charge is 1.00 e. The van der Waals surface area contributed by atoms with Crippen molar-refractivity contribution in [2.24, 2.45) is 0 Å². The van der Waals surface area contributed by atoms with E-state index in [0.29, 0.717) is 0 Å². The van der Waals surface area contributed by atoms with Gasteiger partial charge in [0.25, 0.3) is 0 Å². The van der Waals surface area contributed by atoms with Gasteiger partial charge in [-0.3, -0.25) is 4.66 Å². The van der Waals surface area contributed by atoms with E-state index in [-0.39, 0.29) is 36.5 Å². The molecule has 0 saturated carbocycles. The molecular weight excluding hydrogens is 90.4 g/mol. The Balaban J connectivity index is -0.00000000167. The fraction of sp³-hybridized carbons (Fsp3) is 0. The minimum atomic E-state index is 0. The van der Waals surface area contributed by atoms with Gasteiger partial charge in [0.05, 0.1) is 11.9 Å². The van der Waals surface area contributed by atoms with Crippen LogP contribution in [0.1, 0.15) is 1.43 Å². The molecule has 4 heavy (non-hydrogen) atoms. The van der Waals surface area contributed by atoms with E-state index in [1.165, 1.54) is 0 Å². The second kappa shape index (κ2) is 29.6. The molecule has 0 radical (unpaired) electrons. The van der Waals surface area contributed by atoms with Gasteiger partial charge in [-0.15, -0.1) is 0 Å². The van der Waals surface area contributed by atoms with Crippen LogP contribution in [0, 0.1) is 0 Å². The molecule has 0 heterocycles. The summed E-state index contributed by atoms with van der Waals surface area (Å²) in [7, 11) is 0. The van der Waals surface area contributed by atoms with Crippen molar-refractivity contribution in [3.63, 3.8) is 0 Å². The van der Waals surface area contributed by atoms with Crippen LogP contribution in [0.5, 0.6) is 0 Å². The minimum Gasteiger partial charge on any atom is -1.00 e. The van der Waals surface area contributed by atoms with E-state index in [9.17, 15) is 0 Å². The standard InChI is InChI=1S/ClHO.Na.H2O.H/c1-2;;;/h2H;;1H2;/q;+1;;-1. The molecule has 0 atom stereocenters. The monoisotopic (exact) mass is 94.0 g/mol. The molecule has 0 spiro atoms.